The zero-order chi connectivity index (χ0) is 16.7. The van der Waals surface area contributed by atoms with Gasteiger partial charge in [-0.1, -0.05) is 42.5 Å². The fraction of sp³-hybridized carbons (Fsp3) is 0.316. The molecular formula is C19H23NO3. The Balaban J connectivity index is 0.000000595. The summed E-state index contributed by atoms with van der Waals surface area (Å²) in [7, 11) is 1.69. The first-order chi connectivity index (χ1) is 11.2. The summed E-state index contributed by atoms with van der Waals surface area (Å²) < 4.78 is 5.19. The third-order valence-electron chi connectivity index (χ3n) is 4.32. The van der Waals surface area contributed by atoms with Crippen LogP contribution in [0.4, 0.5) is 0 Å². The molecule has 0 aromatic heterocycles. The Morgan fingerprint density at radius 3 is 2.35 bits per heavy atom. The van der Waals surface area contributed by atoms with Gasteiger partial charge in [0.05, 0.1) is 13.7 Å². The molecule has 3 N–H and O–H groups in total. The Labute approximate surface area is 136 Å². The number of amides is 1. The zero-order valence-electron chi connectivity index (χ0n) is 13.3. The molecule has 3 unspecified atom stereocenters. The molecule has 0 bridgehead atoms. The van der Waals surface area contributed by atoms with Gasteiger partial charge in [-0.05, 0) is 41.5 Å². The lowest BCUT2D eigenvalue weighted by atomic mass is 9.92. The molecule has 0 saturated heterocycles. The number of carbonyl (C=O) groups is 1. The average molecular weight is 313 g/mol. The van der Waals surface area contributed by atoms with Gasteiger partial charge in [0.1, 0.15) is 5.75 Å². The van der Waals surface area contributed by atoms with Gasteiger partial charge < -0.3 is 15.6 Å². The van der Waals surface area contributed by atoms with Gasteiger partial charge in [-0.3, -0.25) is 4.79 Å². The van der Waals surface area contributed by atoms with E-state index in [1.54, 1.807) is 7.11 Å². The van der Waals surface area contributed by atoms with Crippen LogP contribution in [-0.2, 0) is 4.79 Å². The molecule has 0 heterocycles. The molecule has 1 fully saturated rings. The smallest absolute Gasteiger partial charge is 0.204 e. The largest absolute Gasteiger partial charge is 0.497 e. The standard InChI is InChI=1S/C18H20O2.CH3NO/c1-20-15-9-7-14(8-10-15)16-11-17(16)18(12-19)13-5-3-2-4-6-13;2-1-3/h2-10,16-19H,11-12H2,1H3;1H,(H2,2,3). The highest BCUT2D eigenvalue weighted by molar-refractivity contribution is 5.42. The van der Waals surface area contributed by atoms with Crippen molar-refractivity contribution >= 4 is 6.41 Å². The summed E-state index contributed by atoms with van der Waals surface area (Å²) in [5.41, 5.74) is 6.76. The molecule has 3 atom stereocenters. The Morgan fingerprint density at radius 1 is 1.22 bits per heavy atom. The number of hydrogen-bond donors (Lipinski definition) is 2. The maximum Gasteiger partial charge on any atom is 0.204 e. The molecule has 2 aromatic rings. The SMILES string of the molecule is COc1ccc(C2CC2C(CO)c2ccccc2)cc1.NC=O. The van der Waals surface area contributed by atoms with Crippen LogP contribution in [-0.4, -0.2) is 25.2 Å². The third-order valence-corrected chi connectivity index (χ3v) is 4.32. The summed E-state index contributed by atoms with van der Waals surface area (Å²) in [6.07, 6.45) is 1.41. The molecule has 4 nitrogen and oxygen atoms in total. The predicted molar refractivity (Wildman–Crippen MR) is 90.4 cm³/mol. The van der Waals surface area contributed by atoms with Crippen LogP contribution in [0.5, 0.6) is 5.75 Å². The second kappa shape index (κ2) is 8.34. The first kappa shape index (κ1) is 17.0. The second-order valence-corrected chi connectivity index (χ2v) is 5.62. The summed E-state index contributed by atoms with van der Waals surface area (Å²) in [6.45, 7) is 0.224. The van der Waals surface area contributed by atoms with E-state index >= 15 is 0 Å². The quantitative estimate of drug-likeness (QED) is 0.834. The lowest BCUT2D eigenvalue weighted by molar-refractivity contribution is -0.106. The normalized spacial score (nSPS) is 19.9. The van der Waals surface area contributed by atoms with Crippen molar-refractivity contribution in [3.05, 3.63) is 65.7 Å². The summed E-state index contributed by atoms with van der Waals surface area (Å²) in [5.74, 6) is 2.27. The second-order valence-electron chi connectivity index (χ2n) is 5.62. The van der Waals surface area contributed by atoms with E-state index in [9.17, 15) is 5.11 Å². The molecule has 0 aliphatic heterocycles. The summed E-state index contributed by atoms with van der Waals surface area (Å²) in [4.78, 5) is 8.58. The van der Waals surface area contributed by atoms with Gasteiger partial charge in [0, 0.05) is 5.92 Å². The zero-order valence-corrected chi connectivity index (χ0v) is 13.3. The molecule has 1 aliphatic carbocycles. The number of rotatable bonds is 5. The van der Waals surface area contributed by atoms with Crippen LogP contribution in [0.3, 0.4) is 0 Å². The van der Waals surface area contributed by atoms with Gasteiger partial charge in [0.15, 0.2) is 0 Å². The molecule has 3 rings (SSSR count). The van der Waals surface area contributed by atoms with E-state index in [1.165, 1.54) is 11.1 Å². The minimum atomic E-state index is 0.224. The lowest BCUT2D eigenvalue weighted by Crippen LogP contribution is -2.07. The highest BCUT2D eigenvalue weighted by Gasteiger charge is 2.43. The molecule has 122 valence electrons. The van der Waals surface area contributed by atoms with E-state index in [4.69, 9.17) is 9.53 Å². The number of aliphatic hydroxyl groups is 1. The molecular weight excluding hydrogens is 290 g/mol. The van der Waals surface area contributed by atoms with Crippen molar-refractivity contribution < 1.29 is 14.6 Å². The van der Waals surface area contributed by atoms with E-state index in [1.807, 2.05) is 30.3 Å². The Morgan fingerprint density at radius 2 is 1.83 bits per heavy atom. The van der Waals surface area contributed by atoms with Crippen LogP contribution in [0.15, 0.2) is 54.6 Å². The molecule has 4 heteroatoms. The number of methoxy groups -OCH3 is 1. The van der Waals surface area contributed by atoms with Crippen molar-refractivity contribution in [2.45, 2.75) is 18.3 Å². The van der Waals surface area contributed by atoms with Crippen LogP contribution < -0.4 is 10.5 Å². The van der Waals surface area contributed by atoms with Crippen LogP contribution in [0.1, 0.15) is 29.4 Å². The van der Waals surface area contributed by atoms with Crippen molar-refractivity contribution in [1.29, 1.82) is 0 Å². The number of carbonyl (C=O) groups excluding carboxylic acids is 1. The molecule has 1 saturated carbocycles. The van der Waals surface area contributed by atoms with Gasteiger partial charge in [-0.15, -0.1) is 0 Å². The minimum absolute atomic E-state index is 0.224. The van der Waals surface area contributed by atoms with Crippen LogP contribution in [0.25, 0.3) is 0 Å². The van der Waals surface area contributed by atoms with E-state index in [0.29, 0.717) is 11.8 Å². The maximum atomic E-state index is 9.72. The number of aliphatic hydroxyl groups excluding tert-OH is 1. The lowest BCUT2D eigenvalue weighted by Gasteiger charge is -2.14. The van der Waals surface area contributed by atoms with Gasteiger partial charge in [0.2, 0.25) is 6.41 Å². The number of nitrogens with two attached hydrogens (primary N) is 1. The van der Waals surface area contributed by atoms with Crippen LogP contribution in [0.2, 0.25) is 0 Å². The van der Waals surface area contributed by atoms with E-state index in [2.05, 4.69) is 30.0 Å². The topological polar surface area (TPSA) is 72.6 Å². The first-order valence-electron chi connectivity index (χ1n) is 7.70. The summed E-state index contributed by atoms with van der Waals surface area (Å²) in [5, 5.41) is 9.72. The monoisotopic (exact) mass is 313 g/mol. The number of ether oxygens (including phenoxy) is 1. The van der Waals surface area contributed by atoms with Gasteiger partial charge in [-0.25, -0.2) is 0 Å². The van der Waals surface area contributed by atoms with E-state index in [-0.39, 0.29) is 18.9 Å². The highest BCUT2D eigenvalue weighted by atomic mass is 16.5. The molecule has 1 aliphatic rings. The first-order valence-corrected chi connectivity index (χ1v) is 7.70. The van der Waals surface area contributed by atoms with Crippen molar-refractivity contribution in [1.82, 2.24) is 0 Å². The Hall–Kier alpha value is -2.33. The van der Waals surface area contributed by atoms with Crippen molar-refractivity contribution in [2.75, 3.05) is 13.7 Å². The van der Waals surface area contributed by atoms with Crippen molar-refractivity contribution in [3.63, 3.8) is 0 Å². The van der Waals surface area contributed by atoms with Gasteiger partial charge >= 0.3 is 0 Å². The fourth-order valence-corrected chi connectivity index (χ4v) is 3.08. The molecule has 2 aromatic carbocycles. The van der Waals surface area contributed by atoms with Crippen LogP contribution >= 0.6 is 0 Å². The number of primary amides is 1. The Bertz CT molecular complexity index is 598. The number of hydrogen-bond acceptors (Lipinski definition) is 3. The van der Waals surface area contributed by atoms with Crippen molar-refractivity contribution in [3.8, 4) is 5.75 Å². The van der Waals surface area contributed by atoms with E-state index < -0.39 is 0 Å². The number of benzene rings is 2. The van der Waals surface area contributed by atoms with Gasteiger partial charge in [-0.2, -0.15) is 0 Å². The van der Waals surface area contributed by atoms with E-state index in [0.717, 1.165) is 12.2 Å². The summed E-state index contributed by atoms with van der Waals surface area (Å²) in [6, 6.07) is 18.7. The van der Waals surface area contributed by atoms with Gasteiger partial charge in [0.25, 0.3) is 0 Å². The van der Waals surface area contributed by atoms with Crippen molar-refractivity contribution in [2.24, 2.45) is 11.7 Å². The average Bonchev–Trinajstić information content (AvgIpc) is 3.38. The molecule has 1 amide bonds. The summed E-state index contributed by atoms with van der Waals surface area (Å²) >= 11 is 0. The highest BCUT2D eigenvalue weighted by Crippen LogP contribution is 2.54. The minimum Gasteiger partial charge on any atom is -0.497 e. The fourth-order valence-electron chi connectivity index (χ4n) is 3.08. The predicted octanol–water partition coefficient (Wildman–Crippen LogP) is 2.68. The third kappa shape index (κ3) is 4.33. The molecule has 0 radical (unpaired) electrons. The maximum absolute atomic E-state index is 9.72. The molecule has 0 spiro atoms. The Kier molecular flexibility index (Phi) is 6.18. The van der Waals surface area contributed by atoms with Crippen LogP contribution in [0, 0.1) is 5.92 Å². The molecule has 23 heavy (non-hydrogen) atoms.